The maximum Gasteiger partial charge on any atom is 0.229 e. The summed E-state index contributed by atoms with van der Waals surface area (Å²) < 4.78 is 0. The number of benzene rings is 1. The summed E-state index contributed by atoms with van der Waals surface area (Å²) in [4.78, 5) is 28.5. The van der Waals surface area contributed by atoms with Gasteiger partial charge < -0.3 is 10.0 Å². The van der Waals surface area contributed by atoms with Gasteiger partial charge in [-0.2, -0.15) is 0 Å². The zero-order valence-corrected chi connectivity index (χ0v) is 16.7. The molecule has 148 valence electrons. The van der Waals surface area contributed by atoms with Crippen LogP contribution in [-0.2, 0) is 16.0 Å². The molecule has 0 bridgehead atoms. The normalized spacial score (nSPS) is 20.4. The van der Waals surface area contributed by atoms with Crippen molar-refractivity contribution >= 4 is 28.3 Å². The molecule has 8 heteroatoms. The van der Waals surface area contributed by atoms with E-state index in [-0.39, 0.29) is 36.2 Å². The fourth-order valence-electron chi connectivity index (χ4n) is 3.69. The van der Waals surface area contributed by atoms with Crippen LogP contribution >= 0.6 is 11.3 Å². The van der Waals surface area contributed by atoms with Crippen molar-refractivity contribution in [2.45, 2.75) is 25.7 Å². The molecule has 0 radical (unpaired) electrons. The van der Waals surface area contributed by atoms with E-state index in [0.29, 0.717) is 24.6 Å². The lowest BCUT2D eigenvalue weighted by atomic mass is 10.0. The number of aliphatic hydroxyl groups is 1. The standard InChI is InChI=1S/C20H24N4O3S/c1-23(12-20(13-25)7-8-20)18(27)15-10-17(26)24(11-15)19-22-21-16(28-19)9-14-5-3-2-4-6-14/h2-6,15,25H,7-13H2,1H3. The third kappa shape index (κ3) is 3.93. The molecule has 7 nitrogen and oxygen atoms in total. The van der Waals surface area contributed by atoms with Crippen molar-refractivity contribution in [3.63, 3.8) is 0 Å². The predicted molar refractivity (Wildman–Crippen MR) is 106 cm³/mol. The summed E-state index contributed by atoms with van der Waals surface area (Å²) in [5.74, 6) is -0.490. The SMILES string of the molecule is CN(CC1(CO)CC1)C(=O)C1CC(=O)N(c2nnc(Cc3ccccc3)s2)C1. The van der Waals surface area contributed by atoms with Crippen LogP contribution in [0.2, 0.25) is 0 Å². The number of rotatable bonds is 7. The van der Waals surface area contributed by atoms with Crippen LogP contribution in [0.1, 0.15) is 29.8 Å². The van der Waals surface area contributed by atoms with Crippen molar-refractivity contribution in [3.05, 3.63) is 40.9 Å². The largest absolute Gasteiger partial charge is 0.396 e. The molecule has 1 saturated heterocycles. The van der Waals surface area contributed by atoms with E-state index in [4.69, 9.17) is 0 Å². The first-order valence-electron chi connectivity index (χ1n) is 9.52. The van der Waals surface area contributed by atoms with E-state index in [1.54, 1.807) is 16.8 Å². The van der Waals surface area contributed by atoms with Crippen molar-refractivity contribution in [3.8, 4) is 0 Å². The number of aliphatic hydroxyl groups excluding tert-OH is 1. The third-order valence-electron chi connectivity index (χ3n) is 5.60. The lowest BCUT2D eigenvalue weighted by Gasteiger charge is -2.25. The molecule has 2 aromatic rings. The summed E-state index contributed by atoms with van der Waals surface area (Å²) in [7, 11) is 1.76. The number of carbonyl (C=O) groups is 2. The third-order valence-corrected chi connectivity index (χ3v) is 6.55. The predicted octanol–water partition coefficient (Wildman–Crippen LogP) is 1.71. The lowest BCUT2D eigenvalue weighted by molar-refractivity contribution is -0.135. The summed E-state index contributed by atoms with van der Waals surface area (Å²) in [6, 6.07) is 10.0. The molecule has 1 aromatic heterocycles. The molecule has 2 fully saturated rings. The van der Waals surface area contributed by atoms with E-state index < -0.39 is 0 Å². The molecule has 4 rings (SSSR count). The molecule has 1 N–H and O–H groups in total. The Bertz CT molecular complexity index is 865. The van der Waals surface area contributed by atoms with E-state index in [2.05, 4.69) is 10.2 Å². The van der Waals surface area contributed by atoms with Crippen LogP contribution in [0.5, 0.6) is 0 Å². The summed E-state index contributed by atoms with van der Waals surface area (Å²) in [5, 5.41) is 19.3. The zero-order valence-electron chi connectivity index (χ0n) is 15.9. The molecule has 28 heavy (non-hydrogen) atoms. The Morgan fingerprint density at radius 1 is 1.32 bits per heavy atom. The van der Waals surface area contributed by atoms with Gasteiger partial charge >= 0.3 is 0 Å². The van der Waals surface area contributed by atoms with Crippen molar-refractivity contribution in [2.24, 2.45) is 11.3 Å². The molecule has 1 aromatic carbocycles. The molecular weight excluding hydrogens is 376 g/mol. The molecule has 2 heterocycles. The zero-order chi connectivity index (χ0) is 19.7. The number of hydrogen-bond acceptors (Lipinski definition) is 6. The van der Waals surface area contributed by atoms with E-state index in [9.17, 15) is 14.7 Å². The van der Waals surface area contributed by atoms with Crippen molar-refractivity contribution < 1.29 is 14.7 Å². The van der Waals surface area contributed by atoms with Crippen LogP contribution in [0.3, 0.4) is 0 Å². The Morgan fingerprint density at radius 3 is 2.75 bits per heavy atom. The maximum absolute atomic E-state index is 12.8. The van der Waals surface area contributed by atoms with E-state index >= 15 is 0 Å². The van der Waals surface area contributed by atoms with Gasteiger partial charge in [0.15, 0.2) is 0 Å². The number of aromatic nitrogens is 2. The number of hydrogen-bond donors (Lipinski definition) is 1. The van der Waals surface area contributed by atoms with Gasteiger partial charge in [0.25, 0.3) is 0 Å². The second kappa shape index (κ2) is 7.60. The van der Waals surface area contributed by atoms with Crippen LogP contribution < -0.4 is 4.90 Å². The maximum atomic E-state index is 12.8. The Balaban J connectivity index is 1.39. The first-order valence-corrected chi connectivity index (χ1v) is 10.3. The minimum atomic E-state index is -0.367. The van der Waals surface area contributed by atoms with Crippen LogP contribution in [0.15, 0.2) is 30.3 Å². The fourth-order valence-corrected chi connectivity index (χ4v) is 4.59. The number of amides is 2. The molecule has 1 atom stereocenters. The van der Waals surface area contributed by atoms with Gasteiger partial charge in [-0.05, 0) is 18.4 Å². The number of carbonyl (C=O) groups excluding carboxylic acids is 2. The van der Waals surface area contributed by atoms with Gasteiger partial charge in [0.05, 0.1) is 12.5 Å². The number of nitrogens with zero attached hydrogens (tertiary/aromatic N) is 4. The molecule has 1 aliphatic heterocycles. The second-order valence-corrected chi connectivity index (χ2v) is 8.94. The highest BCUT2D eigenvalue weighted by atomic mass is 32.1. The van der Waals surface area contributed by atoms with Crippen LogP contribution in [0.4, 0.5) is 5.13 Å². The Labute approximate surface area is 168 Å². The lowest BCUT2D eigenvalue weighted by Crippen LogP contribution is -2.39. The molecule has 1 aliphatic carbocycles. The fraction of sp³-hybridized carbons (Fsp3) is 0.500. The monoisotopic (exact) mass is 400 g/mol. The van der Waals surface area contributed by atoms with Crippen LogP contribution in [0.25, 0.3) is 0 Å². The first kappa shape index (κ1) is 19.0. The summed E-state index contributed by atoms with van der Waals surface area (Å²) in [6.07, 6.45) is 2.77. The van der Waals surface area contributed by atoms with Crippen molar-refractivity contribution in [2.75, 3.05) is 31.6 Å². The smallest absolute Gasteiger partial charge is 0.229 e. The van der Waals surface area contributed by atoms with Crippen molar-refractivity contribution in [1.29, 1.82) is 0 Å². The highest BCUT2D eigenvalue weighted by molar-refractivity contribution is 7.15. The van der Waals surface area contributed by atoms with Crippen molar-refractivity contribution in [1.82, 2.24) is 15.1 Å². The minimum Gasteiger partial charge on any atom is -0.396 e. The van der Waals surface area contributed by atoms with Gasteiger partial charge in [0.2, 0.25) is 16.9 Å². The van der Waals surface area contributed by atoms with Gasteiger partial charge in [0, 0.05) is 38.4 Å². The van der Waals surface area contributed by atoms with E-state index in [1.807, 2.05) is 30.3 Å². The Morgan fingerprint density at radius 2 is 2.07 bits per heavy atom. The topological polar surface area (TPSA) is 86.6 Å². The average Bonchev–Trinajstić information content (AvgIpc) is 3.14. The van der Waals surface area contributed by atoms with Gasteiger partial charge in [0.1, 0.15) is 5.01 Å². The van der Waals surface area contributed by atoms with Gasteiger partial charge in [-0.1, -0.05) is 41.7 Å². The van der Waals surface area contributed by atoms with Gasteiger partial charge in [-0.25, -0.2) is 0 Å². The van der Waals surface area contributed by atoms with Gasteiger partial charge in [-0.3, -0.25) is 14.5 Å². The Kier molecular flexibility index (Phi) is 5.16. The summed E-state index contributed by atoms with van der Waals surface area (Å²) >= 11 is 1.40. The quantitative estimate of drug-likeness (QED) is 0.765. The second-order valence-electron chi connectivity index (χ2n) is 7.90. The van der Waals surface area contributed by atoms with Gasteiger partial charge in [-0.15, -0.1) is 10.2 Å². The molecule has 2 amide bonds. The molecule has 1 saturated carbocycles. The van der Waals surface area contributed by atoms with E-state index in [1.165, 1.54) is 11.3 Å². The summed E-state index contributed by atoms with van der Waals surface area (Å²) in [5.41, 5.74) is 1.02. The minimum absolute atomic E-state index is 0.0374. The van der Waals surface area contributed by atoms with E-state index in [0.717, 1.165) is 23.4 Å². The Hall–Kier alpha value is -2.32. The molecule has 2 aliphatic rings. The first-order chi connectivity index (χ1) is 13.5. The molecular formula is C20H24N4O3S. The molecule has 0 spiro atoms. The highest BCUT2D eigenvalue weighted by Crippen LogP contribution is 2.45. The number of anilines is 1. The summed E-state index contributed by atoms with van der Waals surface area (Å²) in [6.45, 7) is 0.997. The highest BCUT2D eigenvalue weighted by Gasteiger charge is 2.45. The average molecular weight is 401 g/mol. The van der Waals surface area contributed by atoms with Crippen LogP contribution in [0, 0.1) is 11.3 Å². The molecule has 1 unspecified atom stereocenters. The van der Waals surface area contributed by atoms with Crippen LogP contribution in [-0.4, -0.2) is 58.8 Å².